The van der Waals surface area contributed by atoms with Crippen molar-refractivity contribution in [1.29, 1.82) is 0 Å². The van der Waals surface area contributed by atoms with Crippen molar-refractivity contribution in [2.75, 3.05) is 6.54 Å². The van der Waals surface area contributed by atoms with Crippen LogP contribution in [0.15, 0.2) is 30.3 Å². The first-order valence-corrected chi connectivity index (χ1v) is 9.26. The lowest BCUT2D eigenvalue weighted by atomic mass is 10.0. The second-order valence-electron chi connectivity index (χ2n) is 7.80. The van der Waals surface area contributed by atoms with Crippen molar-refractivity contribution in [3.8, 4) is 0 Å². The normalized spacial score (nSPS) is 19.7. The lowest BCUT2D eigenvalue weighted by Crippen LogP contribution is -2.38. The summed E-state index contributed by atoms with van der Waals surface area (Å²) in [5, 5.41) is 5.72. The zero-order chi connectivity index (χ0) is 19.0. The van der Waals surface area contributed by atoms with Crippen molar-refractivity contribution in [1.82, 2.24) is 10.6 Å². The maximum atomic E-state index is 11.8. The Kier molecular flexibility index (Phi) is 7.30. The number of ether oxygens (including phenoxy) is 2. The number of carbonyl (C=O) groups is 2. The first kappa shape index (κ1) is 20.1. The summed E-state index contributed by atoms with van der Waals surface area (Å²) in [7, 11) is 0. The van der Waals surface area contributed by atoms with Gasteiger partial charge in [-0.3, -0.25) is 0 Å². The van der Waals surface area contributed by atoms with Gasteiger partial charge >= 0.3 is 12.2 Å². The van der Waals surface area contributed by atoms with Crippen LogP contribution < -0.4 is 10.6 Å². The first-order chi connectivity index (χ1) is 12.3. The van der Waals surface area contributed by atoms with E-state index in [0.29, 0.717) is 12.5 Å². The topological polar surface area (TPSA) is 76.7 Å². The third-order valence-corrected chi connectivity index (χ3v) is 4.30. The SMILES string of the molecule is CC(C)(C)OC(=O)NC1CCC(CCNC(=O)OCc2ccccc2)C1. The maximum absolute atomic E-state index is 11.8. The van der Waals surface area contributed by atoms with E-state index in [1.807, 2.05) is 51.1 Å². The lowest BCUT2D eigenvalue weighted by molar-refractivity contribution is 0.0504. The molecule has 0 radical (unpaired) electrons. The molecule has 0 spiro atoms. The molecule has 26 heavy (non-hydrogen) atoms. The predicted molar refractivity (Wildman–Crippen MR) is 99.7 cm³/mol. The minimum absolute atomic E-state index is 0.153. The van der Waals surface area contributed by atoms with Crippen LogP contribution in [-0.2, 0) is 16.1 Å². The lowest BCUT2D eigenvalue weighted by Gasteiger charge is -2.21. The molecule has 0 aromatic heterocycles. The van der Waals surface area contributed by atoms with E-state index < -0.39 is 11.7 Å². The minimum Gasteiger partial charge on any atom is -0.445 e. The summed E-state index contributed by atoms with van der Waals surface area (Å²) in [6.07, 6.45) is 3.04. The van der Waals surface area contributed by atoms with Gasteiger partial charge < -0.3 is 20.1 Å². The van der Waals surface area contributed by atoms with Crippen molar-refractivity contribution in [3.05, 3.63) is 35.9 Å². The fourth-order valence-corrected chi connectivity index (χ4v) is 3.09. The predicted octanol–water partition coefficient (Wildman–Crippen LogP) is 4.00. The van der Waals surface area contributed by atoms with Crippen LogP contribution >= 0.6 is 0 Å². The number of benzene rings is 1. The highest BCUT2D eigenvalue weighted by molar-refractivity contribution is 5.68. The second-order valence-corrected chi connectivity index (χ2v) is 7.80. The highest BCUT2D eigenvalue weighted by Gasteiger charge is 2.27. The maximum Gasteiger partial charge on any atom is 0.407 e. The Balaban J connectivity index is 1.57. The zero-order valence-corrected chi connectivity index (χ0v) is 15.9. The van der Waals surface area contributed by atoms with E-state index in [-0.39, 0.29) is 18.7 Å². The van der Waals surface area contributed by atoms with Gasteiger partial charge in [0.1, 0.15) is 12.2 Å². The van der Waals surface area contributed by atoms with E-state index >= 15 is 0 Å². The van der Waals surface area contributed by atoms with E-state index in [1.165, 1.54) is 0 Å². The molecule has 1 aliphatic rings. The van der Waals surface area contributed by atoms with Crippen LogP contribution in [0.4, 0.5) is 9.59 Å². The highest BCUT2D eigenvalue weighted by Crippen LogP contribution is 2.28. The van der Waals surface area contributed by atoms with E-state index in [1.54, 1.807) is 0 Å². The third kappa shape index (κ3) is 7.76. The van der Waals surface area contributed by atoms with Gasteiger partial charge in [-0.2, -0.15) is 0 Å². The summed E-state index contributed by atoms with van der Waals surface area (Å²) in [6.45, 7) is 6.42. The number of alkyl carbamates (subject to hydrolysis) is 2. The monoisotopic (exact) mass is 362 g/mol. The molecule has 0 aliphatic heterocycles. The number of hydrogen-bond donors (Lipinski definition) is 2. The molecule has 1 aliphatic carbocycles. The first-order valence-electron chi connectivity index (χ1n) is 9.26. The van der Waals surface area contributed by atoms with Crippen LogP contribution in [0.1, 0.15) is 52.0 Å². The van der Waals surface area contributed by atoms with Crippen LogP contribution in [0.3, 0.4) is 0 Å². The molecule has 0 saturated heterocycles. The van der Waals surface area contributed by atoms with Gasteiger partial charge in [0, 0.05) is 12.6 Å². The van der Waals surface area contributed by atoms with Gasteiger partial charge in [-0.05, 0) is 57.9 Å². The molecule has 1 fully saturated rings. The number of carbonyl (C=O) groups excluding carboxylic acids is 2. The van der Waals surface area contributed by atoms with Crippen LogP contribution in [0.25, 0.3) is 0 Å². The van der Waals surface area contributed by atoms with E-state index in [0.717, 1.165) is 31.2 Å². The Hall–Kier alpha value is -2.24. The standard InChI is InChI=1S/C20H30N2O4/c1-20(2,3)26-19(24)22-17-10-9-15(13-17)11-12-21-18(23)25-14-16-7-5-4-6-8-16/h4-8,15,17H,9-14H2,1-3H3,(H,21,23)(H,22,24). The molecule has 2 unspecified atom stereocenters. The average molecular weight is 362 g/mol. The molecule has 2 N–H and O–H groups in total. The number of hydrogen-bond acceptors (Lipinski definition) is 4. The largest absolute Gasteiger partial charge is 0.445 e. The van der Waals surface area contributed by atoms with Gasteiger partial charge in [-0.15, -0.1) is 0 Å². The summed E-state index contributed by atoms with van der Waals surface area (Å²) in [4.78, 5) is 23.5. The van der Waals surface area contributed by atoms with Crippen molar-refractivity contribution < 1.29 is 19.1 Å². The van der Waals surface area contributed by atoms with Gasteiger partial charge in [0.25, 0.3) is 0 Å². The Morgan fingerprint density at radius 3 is 2.54 bits per heavy atom. The Bertz CT molecular complexity index is 583. The summed E-state index contributed by atoms with van der Waals surface area (Å²) in [5.74, 6) is 0.490. The van der Waals surface area contributed by atoms with E-state index in [2.05, 4.69) is 10.6 Å². The average Bonchev–Trinajstić information content (AvgIpc) is 2.99. The van der Waals surface area contributed by atoms with Crippen LogP contribution in [0, 0.1) is 5.92 Å². The molecule has 1 saturated carbocycles. The van der Waals surface area contributed by atoms with Crippen LogP contribution in [0.5, 0.6) is 0 Å². The Morgan fingerprint density at radius 2 is 1.85 bits per heavy atom. The van der Waals surface area contributed by atoms with Gasteiger partial charge in [0.2, 0.25) is 0 Å². The zero-order valence-electron chi connectivity index (χ0n) is 15.9. The number of amides is 2. The summed E-state index contributed by atoms with van der Waals surface area (Å²) in [6, 6.07) is 9.75. The van der Waals surface area contributed by atoms with Crippen molar-refractivity contribution in [2.45, 2.75) is 64.7 Å². The summed E-state index contributed by atoms with van der Waals surface area (Å²) < 4.78 is 10.5. The van der Waals surface area contributed by atoms with Gasteiger partial charge in [0.05, 0.1) is 0 Å². The summed E-state index contributed by atoms with van der Waals surface area (Å²) in [5.41, 5.74) is 0.487. The van der Waals surface area contributed by atoms with Crippen molar-refractivity contribution in [2.24, 2.45) is 5.92 Å². The molecule has 2 rings (SSSR count). The second kappa shape index (κ2) is 9.46. The number of nitrogens with one attached hydrogen (secondary N) is 2. The molecule has 6 nitrogen and oxygen atoms in total. The fraction of sp³-hybridized carbons (Fsp3) is 0.600. The number of rotatable bonds is 6. The molecule has 0 heterocycles. The van der Waals surface area contributed by atoms with E-state index in [4.69, 9.17) is 9.47 Å². The van der Waals surface area contributed by atoms with E-state index in [9.17, 15) is 9.59 Å². The molecule has 0 bridgehead atoms. The van der Waals surface area contributed by atoms with Gasteiger partial charge in [-0.25, -0.2) is 9.59 Å². The van der Waals surface area contributed by atoms with Crippen LogP contribution in [-0.4, -0.2) is 30.4 Å². The van der Waals surface area contributed by atoms with Crippen LogP contribution in [0.2, 0.25) is 0 Å². The molecule has 2 amide bonds. The van der Waals surface area contributed by atoms with Gasteiger partial charge in [0.15, 0.2) is 0 Å². The third-order valence-electron chi connectivity index (χ3n) is 4.30. The smallest absolute Gasteiger partial charge is 0.407 e. The molecule has 144 valence electrons. The quantitative estimate of drug-likeness (QED) is 0.802. The van der Waals surface area contributed by atoms with Gasteiger partial charge in [-0.1, -0.05) is 30.3 Å². The molecule has 1 aromatic rings. The molecular formula is C20H30N2O4. The highest BCUT2D eigenvalue weighted by atomic mass is 16.6. The molecule has 1 aromatic carbocycles. The van der Waals surface area contributed by atoms with Crippen molar-refractivity contribution in [3.63, 3.8) is 0 Å². The fourth-order valence-electron chi connectivity index (χ4n) is 3.09. The molecule has 2 atom stereocenters. The summed E-state index contributed by atoms with van der Waals surface area (Å²) >= 11 is 0. The Labute approximate surface area is 155 Å². The molecule has 6 heteroatoms. The minimum atomic E-state index is -0.480. The molecular weight excluding hydrogens is 332 g/mol. The van der Waals surface area contributed by atoms with Crippen molar-refractivity contribution >= 4 is 12.2 Å². The Morgan fingerprint density at radius 1 is 1.12 bits per heavy atom.